The quantitative estimate of drug-likeness (QED) is 0.757. The maximum absolute atomic E-state index is 12.8. The van der Waals surface area contributed by atoms with Gasteiger partial charge in [-0.3, -0.25) is 4.98 Å². The number of benzene rings is 1. The zero-order valence-electron chi connectivity index (χ0n) is 14.9. The largest absolute Gasteiger partial charge is 0.340 e. The van der Waals surface area contributed by atoms with Gasteiger partial charge < -0.3 is 15.2 Å². The molecule has 6 heteroatoms. The van der Waals surface area contributed by atoms with Gasteiger partial charge in [-0.05, 0) is 55.5 Å². The highest BCUT2D eigenvalue weighted by atomic mass is 16.2. The SMILES string of the molecule is Cc1cnccc1CNC(=O)N1CCCCC1c1nc2ccccc2[nH]1. The molecule has 2 aromatic heterocycles. The van der Waals surface area contributed by atoms with Crippen LogP contribution in [0, 0.1) is 6.92 Å². The number of nitrogens with zero attached hydrogens (tertiary/aromatic N) is 3. The summed E-state index contributed by atoms with van der Waals surface area (Å²) in [5, 5.41) is 3.06. The number of pyridine rings is 1. The molecule has 1 aromatic carbocycles. The van der Waals surface area contributed by atoms with E-state index in [0.717, 1.165) is 53.8 Å². The molecule has 1 aliphatic heterocycles. The summed E-state index contributed by atoms with van der Waals surface area (Å²) >= 11 is 0. The molecule has 3 aromatic rings. The topological polar surface area (TPSA) is 73.9 Å². The van der Waals surface area contributed by atoms with Gasteiger partial charge in [0, 0.05) is 25.5 Å². The standard InChI is InChI=1S/C20H23N5O/c1-14-12-21-10-9-15(14)13-22-20(26)25-11-5-4-8-18(25)19-23-16-6-2-3-7-17(16)24-19/h2-3,6-7,9-10,12,18H,4-5,8,11,13H2,1H3,(H,22,26)(H,23,24). The van der Waals surface area contributed by atoms with Crippen LogP contribution in [0.4, 0.5) is 4.79 Å². The minimum atomic E-state index is -0.0358. The Kier molecular flexibility index (Phi) is 4.56. The van der Waals surface area contributed by atoms with E-state index in [9.17, 15) is 4.79 Å². The number of hydrogen-bond acceptors (Lipinski definition) is 3. The molecule has 0 saturated carbocycles. The molecular weight excluding hydrogens is 326 g/mol. The highest BCUT2D eigenvalue weighted by Crippen LogP contribution is 2.30. The van der Waals surface area contributed by atoms with Gasteiger partial charge in [-0.25, -0.2) is 9.78 Å². The van der Waals surface area contributed by atoms with Gasteiger partial charge in [0.1, 0.15) is 5.82 Å². The molecule has 0 aliphatic carbocycles. The predicted octanol–water partition coefficient (Wildman–Crippen LogP) is 3.70. The minimum absolute atomic E-state index is 0.00492. The van der Waals surface area contributed by atoms with Gasteiger partial charge >= 0.3 is 6.03 Å². The normalized spacial score (nSPS) is 17.4. The Morgan fingerprint density at radius 3 is 3.04 bits per heavy atom. The van der Waals surface area contributed by atoms with Gasteiger partial charge in [-0.1, -0.05) is 12.1 Å². The third-order valence-corrected chi connectivity index (χ3v) is 5.05. The summed E-state index contributed by atoms with van der Waals surface area (Å²) in [4.78, 5) is 27.0. The van der Waals surface area contributed by atoms with Gasteiger partial charge in [-0.15, -0.1) is 0 Å². The summed E-state index contributed by atoms with van der Waals surface area (Å²) in [5.74, 6) is 0.876. The van der Waals surface area contributed by atoms with Crippen molar-refractivity contribution in [1.82, 2.24) is 25.2 Å². The third kappa shape index (κ3) is 3.27. The van der Waals surface area contributed by atoms with Crippen molar-refractivity contribution >= 4 is 17.1 Å². The average Bonchev–Trinajstić information content (AvgIpc) is 3.11. The van der Waals surface area contributed by atoms with E-state index in [1.54, 1.807) is 6.20 Å². The third-order valence-electron chi connectivity index (χ3n) is 5.05. The van der Waals surface area contributed by atoms with Crippen LogP contribution in [0.25, 0.3) is 11.0 Å². The van der Waals surface area contributed by atoms with Crippen molar-refractivity contribution < 1.29 is 4.79 Å². The number of carbonyl (C=O) groups is 1. The fourth-order valence-corrected chi connectivity index (χ4v) is 3.56. The molecule has 26 heavy (non-hydrogen) atoms. The van der Waals surface area contributed by atoms with Crippen LogP contribution >= 0.6 is 0 Å². The maximum atomic E-state index is 12.8. The number of H-pyrrole nitrogens is 1. The van der Waals surface area contributed by atoms with E-state index in [2.05, 4.69) is 15.3 Å². The molecule has 1 fully saturated rings. The van der Waals surface area contributed by atoms with E-state index in [1.807, 2.05) is 48.4 Å². The Balaban J connectivity index is 1.51. The lowest BCUT2D eigenvalue weighted by Crippen LogP contribution is -2.44. The van der Waals surface area contributed by atoms with E-state index in [-0.39, 0.29) is 12.1 Å². The molecule has 1 saturated heterocycles. The number of carbonyl (C=O) groups excluding carboxylic acids is 1. The summed E-state index contributed by atoms with van der Waals surface area (Å²) in [6.07, 6.45) is 6.64. The number of nitrogens with one attached hydrogen (secondary N) is 2. The highest BCUT2D eigenvalue weighted by Gasteiger charge is 2.30. The Morgan fingerprint density at radius 2 is 2.19 bits per heavy atom. The first-order valence-corrected chi connectivity index (χ1v) is 9.11. The second-order valence-corrected chi connectivity index (χ2v) is 6.81. The van der Waals surface area contributed by atoms with Gasteiger partial charge in [0.15, 0.2) is 0 Å². The maximum Gasteiger partial charge on any atom is 0.318 e. The van der Waals surface area contributed by atoms with Crippen molar-refractivity contribution in [3.8, 4) is 0 Å². The minimum Gasteiger partial charge on any atom is -0.340 e. The van der Waals surface area contributed by atoms with Gasteiger partial charge in [0.25, 0.3) is 0 Å². The van der Waals surface area contributed by atoms with Gasteiger partial charge in [-0.2, -0.15) is 0 Å². The molecule has 134 valence electrons. The number of hydrogen-bond donors (Lipinski definition) is 2. The van der Waals surface area contributed by atoms with Crippen LogP contribution in [-0.2, 0) is 6.54 Å². The molecule has 1 atom stereocenters. The molecule has 0 spiro atoms. The van der Waals surface area contributed by atoms with Crippen LogP contribution in [0.2, 0.25) is 0 Å². The van der Waals surface area contributed by atoms with Gasteiger partial charge in [0.05, 0.1) is 17.1 Å². The number of aryl methyl sites for hydroxylation is 1. The van der Waals surface area contributed by atoms with Crippen LogP contribution in [0.3, 0.4) is 0 Å². The van der Waals surface area contributed by atoms with Crippen molar-refractivity contribution in [2.24, 2.45) is 0 Å². The first kappa shape index (κ1) is 16.6. The number of para-hydroxylation sites is 2. The number of amides is 2. The second-order valence-electron chi connectivity index (χ2n) is 6.81. The monoisotopic (exact) mass is 349 g/mol. The number of rotatable bonds is 3. The zero-order valence-corrected chi connectivity index (χ0v) is 14.9. The number of urea groups is 1. The van der Waals surface area contributed by atoms with Crippen molar-refractivity contribution in [3.63, 3.8) is 0 Å². The summed E-state index contributed by atoms with van der Waals surface area (Å²) in [6, 6.07) is 9.89. The Labute approximate surface area is 152 Å². The summed E-state index contributed by atoms with van der Waals surface area (Å²) in [7, 11) is 0. The molecule has 1 unspecified atom stereocenters. The number of likely N-dealkylation sites (tertiary alicyclic amines) is 1. The lowest BCUT2D eigenvalue weighted by atomic mass is 10.0. The van der Waals surface area contributed by atoms with Crippen LogP contribution < -0.4 is 5.32 Å². The van der Waals surface area contributed by atoms with Crippen LogP contribution in [0.5, 0.6) is 0 Å². The van der Waals surface area contributed by atoms with Gasteiger partial charge in [0.2, 0.25) is 0 Å². The number of piperidine rings is 1. The molecule has 4 rings (SSSR count). The number of imidazole rings is 1. The predicted molar refractivity (Wildman–Crippen MR) is 101 cm³/mol. The molecular formula is C20H23N5O. The number of aromatic amines is 1. The Morgan fingerprint density at radius 1 is 1.31 bits per heavy atom. The van der Waals surface area contributed by atoms with E-state index in [4.69, 9.17) is 4.98 Å². The lowest BCUT2D eigenvalue weighted by Gasteiger charge is -2.34. The number of fused-ring (bicyclic) bond motifs is 1. The fraction of sp³-hybridized carbons (Fsp3) is 0.350. The molecule has 6 nitrogen and oxygen atoms in total. The lowest BCUT2D eigenvalue weighted by molar-refractivity contribution is 0.147. The van der Waals surface area contributed by atoms with E-state index in [0.29, 0.717) is 6.54 Å². The van der Waals surface area contributed by atoms with Crippen molar-refractivity contribution in [2.45, 2.75) is 38.8 Å². The van der Waals surface area contributed by atoms with Crippen LogP contribution in [0.1, 0.15) is 42.3 Å². The average molecular weight is 349 g/mol. The van der Waals surface area contributed by atoms with Crippen LogP contribution in [-0.4, -0.2) is 32.4 Å². The Bertz CT molecular complexity index is 886. The van der Waals surface area contributed by atoms with Crippen molar-refractivity contribution in [3.05, 3.63) is 59.7 Å². The zero-order chi connectivity index (χ0) is 17.9. The van der Waals surface area contributed by atoms with E-state index < -0.39 is 0 Å². The van der Waals surface area contributed by atoms with Crippen LogP contribution in [0.15, 0.2) is 42.7 Å². The second kappa shape index (κ2) is 7.15. The Hall–Kier alpha value is -2.89. The first-order chi connectivity index (χ1) is 12.7. The van der Waals surface area contributed by atoms with E-state index in [1.165, 1.54) is 0 Å². The summed E-state index contributed by atoms with van der Waals surface area (Å²) in [6.45, 7) is 3.27. The highest BCUT2D eigenvalue weighted by molar-refractivity contribution is 5.76. The molecule has 3 heterocycles. The molecule has 2 N–H and O–H groups in total. The molecule has 2 amide bonds. The molecule has 1 aliphatic rings. The summed E-state index contributed by atoms with van der Waals surface area (Å²) < 4.78 is 0. The smallest absolute Gasteiger partial charge is 0.318 e. The first-order valence-electron chi connectivity index (χ1n) is 9.11. The fourth-order valence-electron chi connectivity index (χ4n) is 3.56. The van der Waals surface area contributed by atoms with Crippen molar-refractivity contribution in [2.75, 3.05) is 6.54 Å². The summed E-state index contributed by atoms with van der Waals surface area (Å²) in [5.41, 5.74) is 4.13. The molecule has 0 radical (unpaired) electrons. The molecule has 0 bridgehead atoms. The number of aromatic nitrogens is 3. The van der Waals surface area contributed by atoms with E-state index >= 15 is 0 Å². The van der Waals surface area contributed by atoms with Crippen molar-refractivity contribution in [1.29, 1.82) is 0 Å².